The number of fused-ring (bicyclic) bond motifs is 3. The van der Waals surface area contributed by atoms with E-state index in [-0.39, 0.29) is 47.5 Å². The Morgan fingerprint density at radius 1 is 1.04 bits per heavy atom. The highest BCUT2D eigenvalue weighted by atomic mass is 16.5. The summed E-state index contributed by atoms with van der Waals surface area (Å²) in [7, 11) is 0. The first kappa shape index (κ1) is 16.9. The van der Waals surface area contributed by atoms with Gasteiger partial charge in [-0.05, 0) is 12.0 Å². The van der Waals surface area contributed by atoms with Crippen LogP contribution in [0.5, 0.6) is 5.75 Å². The van der Waals surface area contributed by atoms with Gasteiger partial charge in [-0.2, -0.15) is 0 Å². The molecule has 4 heterocycles. The van der Waals surface area contributed by atoms with Crippen molar-refractivity contribution in [1.82, 2.24) is 14.5 Å². The van der Waals surface area contributed by atoms with E-state index in [1.165, 1.54) is 6.07 Å². The molecule has 0 bridgehead atoms. The summed E-state index contributed by atoms with van der Waals surface area (Å²) >= 11 is 0. The lowest BCUT2D eigenvalue weighted by Crippen LogP contribution is -2.65. The van der Waals surface area contributed by atoms with Crippen molar-refractivity contribution >= 4 is 11.8 Å². The van der Waals surface area contributed by atoms with Gasteiger partial charge in [0.05, 0.1) is 12.6 Å². The second-order valence-electron chi connectivity index (χ2n) is 7.34. The zero-order valence-corrected chi connectivity index (χ0v) is 15.2. The number of aromatic nitrogens is 1. The van der Waals surface area contributed by atoms with Gasteiger partial charge in [-0.15, -0.1) is 0 Å². The maximum Gasteiger partial charge on any atom is 0.278 e. The van der Waals surface area contributed by atoms with Crippen LogP contribution in [-0.2, 0) is 11.4 Å². The summed E-state index contributed by atoms with van der Waals surface area (Å²) in [4.78, 5) is 41.3. The topological polar surface area (TPSA) is 83.9 Å². The molecule has 5 rings (SSSR count). The summed E-state index contributed by atoms with van der Waals surface area (Å²) in [6, 6.07) is 10.9. The largest absolute Gasteiger partial charge is 0.482 e. The van der Waals surface area contributed by atoms with Gasteiger partial charge in [0.15, 0.2) is 11.4 Å². The predicted octanol–water partition coefficient (Wildman–Crippen LogP) is 0.757. The van der Waals surface area contributed by atoms with Gasteiger partial charge in [-0.25, -0.2) is 0 Å². The third-order valence-corrected chi connectivity index (χ3v) is 5.64. The minimum Gasteiger partial charge on any atom is -0.482 e. The molecule has 1 unspecified atom stereocenters. The van der Waals surface area contributed by atoms with Crippen LogP contribution in [0.1, 0.15) is 28.9 Å². The van der Waals surface area contributed by atoms with Crippen LogP contribution in [0.4, 0.5) is 0 Å². The summed E-state index contributed by atoms with van der Waals surface area (Å²) < 4.78 is 7.34. The Balaban J connectivity index is 1.46. The molecule has 2 aromatic rings. The average molecular weight is 380 g/mol. The molecule has 2 atom stereocenters. The first-order chi connectivity index (χ1) is 13.6. The number of ether oxygens (including phenoxy) is 1. The first-order valence-corrected chi connectivity index (χ1v) is 9.41. The number of hydrogen-bond acceptors (Lipinski definition) is 5. The molecule has 0 spiro atoms. The van der Waals surface area contributed by atoms with E-state index in [0.717, 1.165) is 12.0 Å². The van der Waals surface area contributed by atoms with Crippen LogP contribution in [0.15, 0.2) is 47.4 Å². The molecule has 8 nitrogen and oxygen atoms in total. The van der Waals surface area contributed by atoms with Crippen molar-refractivity contribution in [2.75, 3.05) is 18.5 Å². The maximum atomic E-state index is 13.2. The van der Waals surface area contributed by atoms with Crippen LogP contribution in [0.2, 0.25) is 0 Å². The van der Waals surface area contributed by atoms with Crippen molar-refractivity contribution in [2.45, 2.75) is 31.7 Å². The molecule has 144 valence electrons. The van der Waals surface area contributed by atoms with E-state index in [1.54, 1.807) is 15.8 Å². The van der Waals surface area contributed by atoms with Gasteiger partial charge in [0.1, 0.15) is 12.8 Å². The fraction of sp³-hybridized carbons (Fsp3) is 0.350. The van der Waals surface area contributed by atoms with Crippen LogP contribution < -0.4 is 15.6 Å². The Hall–Kier alpha value is -3.29. The Labute approximate surface area is 161 Å². The lowest BCUT2D eigenvalue weighted by Gasteiger charge is -2.47. The predicted molar refractivity (Wildman–Crippen MR) is 100 cm³/mol. The van der Waals surface area contributed by atoms with E-state index >= 15 is 0 Å². The minimum absolute atomic E-state index is 0.0465. The second kappa shape index (κ2) is 6.40. The Bertz CT molecular complexity index is 1000. The normalized spacial score (nSPS) is 23.0. The average Bonchev–Trinajstić information content (AvgIpc) is 3.07. The lowest BCUT2D eigenvalue weighted by molar-refractivity contribution is -0.131. The van der Waals surface area contributed by atoms with Gasteiger partial charge >= 0.3 is 0 Å². The number of nitrogens with one attached hydrogen (secondary N) is 1. The summed E-state index contributed by atoms with van der Waals surface area (Å²) in [6.07, 6.45) is 2.51. The monoisotopic (exact) mass is 380 g/mol. The third kappa shape index (κ3) is 2.64. The number of hydrogen-bond donors (Lipinski definition) is 1. The minimum atomic E-state index is -0.328. The van der Waals surface area contributed by atoms with Gasteiger partial charge in [0, 0.05) is 25.2 Å². The van der Waals surface area contributed by atoms with E-state index < -0.39 is 0 Å². The van der Waals surface area contributed by atoms with E-state index in [2.05, 4.69) is 5.43 Å². The van der Waals surface area contributed by atoms with E-state index in [1.807, 2.05) is 35.2 Å². The van der Waals surface area contributed by atoms with Crippen molar-refractivity contribution in [3.8, 4) is 5.75 Å². The van der Waals surface area contributed by atoms with Gasteiger partial charge in [-0.3, -0.25) is 19.1 Å². The smallest absolute Gasteiger partial charge is 0.278 e. The molecule has 3 aliphatic rings. The zero-order valence-electron chi connectivity index (χ0n) is 15.2. The SMILES string of the molecule is O=C1c2c(OCc3ccccc3)c(=O)ccn2NC2CN3C(=O)CC[C@H]3CN12. The Kier molecular flexibility index (Phi) is 3.85. The summed E-state index contributed by atoms with van der Waals surface area (Å²) in [5.74, 6) is -0.0628. The quantitative estimate of drug-likeness (QED) is 0.850. The van der Waals surface area contributed by atoms with E-state index in [9.17, 15) is 14.4 Å². The van der Waals surface area contributed by atoms with Crippen LogP contribution in [-0.4, -0.2) is 51.6 Å². The highest BCUT2D eigenvalue weighted by Crippen LogP contribution is 2.30. The van der Waals surface area contributed by atoms with E-state index in [0.29, 0.717) is 19.5 Å². The Morgan fingerprint density at radius 3 is 2.68 bits per heavy atom. The molecule has 1 N–H and O–H groups in total. The molecule has 2 amide bonds. The van der Waals surface area contributed by atoms with Crippen LogP contribution >= 0.6 is 0 Å². The van der Waals surface area contributed by atoms with Gasteiger partial charge < -0.3 is 20.0 Å². The highest BCUT2D eigenvalue weighted by Gasteiger charge is 2.45. The highest BCUT2D eigenvalue weighted by molar-refractivity contribution is 5.96. The van der Waals surface area contributed by atoms with Gasteiger partial charge in [0.25, 0.3) is 5.91 Å². The Morgan fingerprint density at radius 2 is 1.86 bits per heavy atom. The molecule has 2 fully saturated rings. The zero-order chi connectivity index (χ0) is 19.3. The summed E-state index contributed by atoms with van der Waals surface area (Å²) in [6.45, 7) is 1.11. The van der Waals surface area contributed by atoms with Crippen LogP contribution in [0.3, 0.4) is 0 Å². The fourth-order valence-corrected chi connectivity index (χ4v) is 4.20. The number of amides is 2. The van der Waals surface area contributed by atoms with Crippen molar-refractivity contribution in [1.29, 1.82) is 0 Å². The molecule has 0 saturated carbocycles. The standard InChI is InChI=1S/C20H20N4O4/c25-15-8-9-24-18(19(15)28-12-13-4-2-1-3-5-13)20(27)23-10-14-6-7-17(26)22(14)11-16(23)21-24/h1-5,8-9,14,16,21H,6-7,10-12H2/t14-,16?/m0/s1. The number of benzene rings is 1. The molecule has 1 aromatic heterocycles. The summed E-state index contributed by atoms with van der Waals surface area (Å²) in [5.41, 5.74) is 4.03. The molecular formula is C20H20N4O4. The van der Waals surface area contributed by atoms with Crippen LogP contribution in [0, 0.1) is 0 Å². The molecule has 2 saturated heterocycles. The fourth-order valence-electron chi connectivity index (χ4n) is 4.20. The van der Waals surface area contributed by atoms with Crippen molar-refractivity contribution < 1.29 is 14.3 Å². The van der Waals surface area contributed by atoms with Crippen molar-refractivity contribution in [3.63, 3.8) is 0 Å². The number of pyridine rings is 1. The molecule has 8 heteroatoms. The molecule has 28 heavy (non-hydrogen) atoms. The third-order valence-electron chi connectivity index (χ3n) is 5.64. The summed E-state index contributed by atoms with van der Waals surface area (Å²) in [5, 5.41) is 0. The maximum absolute atomic E-state index is 13.2. The number of rotatable bonds is 3. The number of nitrogens with zero attached hydrogens (tertiary/aromatic N) is 3. The molecule has 0 radical (unpaired) electrons. The number of carbonyl (C=O) groups excluding carboxylic acids is 2. The molecule has 3 aliphatic heterocycles. The molecule has 0 aliphatic carbocycles. The lowest BCUT2D eigenvalue weighted by atomic mass is 10.1. The second-order valence-corrected chi connectivity index (χ2v) is 7.34. The van der Waals surface area contributed by atoms with Crippen molar-refractivity contribution in [2.24, 2.45) is 0 Å². The number of carbonyl (C=O) groups is 2. The van der Waals surface area contributed by atoms with Crippen molar-refractivity contribution in [3.05, 3.63) is 64.1 Å². The molecule has 1 aromatic carbocycles. The first-order valence-electron chi connectivity index (χ1n) is 9.41. The molecular weight excluding hydrogens is 360 g/mol. The van der Waals surface area contributed by atoms with Crippen LogP contribution in [0.25, 0.3) is 0 Å². The number of piperazine rings is 1. The van der Waals surface area contributed by atoms with Gasteiger partial charge in [-0.1, -0.05) is 30.3 Å². The van der Waals surface area contributed by atoms with Gasteiger partial charge in [0.2, 0.25) is 11.3 Å². The van der Waals surface area contributed by atoms with E-state index in [4.69, 9.17) is 4.74 Å².